The predicted octanol–water partition coefficient (Wildman–Crippen LogP) is 3.75. The molecule has 0 aliphatic carbocycles. The zero-order valence-electron chi connectivity index (χ0n) is 12.8. The Hall–Kier alpha value is -2.20. The molecule has 0 unspecified atom stereocenters. The van der Waals surface area contributed by atoms with Gasteiger partial charge in [0, 0.05) is 11.7 Å². The molecule has 0 aromatic heterocycles. The summed E-state index contributed by atoms with van der Waals surface area (Å²) < 4.78 is 12.8. The molecule has 0 bridgehead atoms. The Balaban J connectivity index is 1.92. The van der Waals surface area contributed by atoms with E-state index >= 15 is 0 Å². The molecular weight excluding hydrogens is 279 g/mol. The van der Waals surface area contributed by atoms with Gasteiger partial charge >= 0.3 is 0 Å². The molecule has 3 nitrogen and oxygen atoms in total. The maximum Gasteiger partial charge on any atom is 0.238 e. The molecule has 116 valence electrons. The van der Waals surface area contributed by atoms with Crippen LogP contribution in [0.3, 0.4) is 0 Å². The number of carbonyl (C=O) groups is 1. The lowest BCUT2D eigenvalue weighted by molar-refractivity contribution is -0.115. The van der Waals surface area contributed by atoms with E-state index in [2.05, 4.69) is 36.6 Å². The molecule has 1 amide bonds. The number of hydrogen-bond donors (Lipinski definition) is 2. The Morgan fingerprint density at radius 2 is 1.68 bits per heavy atom. The van der Waals surface area contributed by atoms with Crippen LogP contribution in [0.1, 0.15) is 25.5 Å². The summed E-state index contributed by atoms with van der Waals surface area (Å²) in [5, 5.41) is 6.03. The van der Waals surface area contributed by atoms with Crippen LogP contribution in [-0.4, -0.2) is 12.5 Å². The summed E-state index contributed by atoms with van der Waals surface area (Å²) >= 11 is 0. The van der Waals surface area contributed by atoms with E-state index in [1.807, 2.05) is 18.2 Å². The summed E-state index contributed by atoms with van der Waals surface area (Å²) in [6, 6.07) is 15.9. The first kappa shape index (κ1) is 16.2. The Kier molecular flexibility index (Phi) is 5.67. The van der Waals surface area contributed by atoms with Crippen LogP contribution in [0.15, 0.2) is 54.6 Å². The van der Waals surface area contributed by atoms with Gasteiger partial charge in [0.1, 0.15) is 5.82 Å². The molecule has 4 heteroatoms. The largest absolute Gasteiger partial charge is 0.325 e. The van der Waals surface area contributed by atoms with Gasteiger partial charge in [-0.25, -0.2) is 4.39 Å². The van der Waals surface area contributed by atoms with E-state index in [9.17, 15) is 9.18 Å². The van der Waals surface area contributed by atoms with Crippen LogP contribution in [0.5, 0.6) is 0 Å². The van der Waals surface area contributed by atoms with Gasteiger partial charge in [0.05, 0.1) is 6.54 Å². The zero-order chi connectivity index (χ0) is 15.9. The number of carbonyl (C=O) groups excluding carboxylic acids is 1. The van der Waals surface area contributed by atoms with Crippen LogP contribution in [0.2, 0.25) is 0 Å². The van der Waals surface area contributed by atoms with Crippen LogP contribution in [-0.2, 0) is 4.79 Å². The Morgan fingerprint density at radius 1 is 1.05 bits per heavy atom. The molecule has 22 heavy (non-hydrogen) atoms. The number of rotatable bonds is 6. The van der Waals surface area contributed by atoms with E-state index in [0.29, 0.717) is 11.6 Å². The van der Waals surface area contributed by atoms with Crippen LogP contribution in [0, 0.1) is 11.7 Å². The van der Waals surface area contributed by atoms with Gasteiger partial charge in [-0.3, -0.25) is 4.79 Å². The third kappa shape index (κ3) is 4.67. The molecule has 0 spiro atoms. The summed E-state index contributed by atoms with van der Waals surface area (Å²) in [5.41, 5.74) is 1.75. The average Bonchev–Trinajstić information content (AvgIpc) is 2.50. The lowest BCUT2D eigenvalue weighted by Gasteiger charge is -2.22. The molecule has 0 heterocycles. The first-order chi connectivity index (χ1) is 10.6. The van der Waals surface area contributed by atoms with Crippen molar-refractivity contribution in [1.82, 2.24) is 5.32 Å². The smallest absolute Gasteiger partial charge is 0.238 e. The van der Waals surface area contributed by atoms with Gasteiger partial charge in [-0.1, -0.05) is 44.2 Å². The highest BCUT2D eigenvalue weighted by Gasteiger charge is 2.16. The van der Waals surface area contributed by atoms with Gasteiger partial charge in [-0.15, -0.1) is 0 Å². The van der Waals surface area contributed by atoms with Gasteiger partial charge in [0.15, 0.2) is 0 Å². The van der Waals surface area contributed by atoms with Crippen LogP contribution in [0.4, 0.5) is 10.1 Å². The van der Waals surface area contributed by atoms with Crippen LogP contribution < -0.4 is 10.6 Å². The van der Waals surface area contributed by atoms with Gasteiger partial charge < -0.3 is 10.6 Å². The van der Waals surface area contributed by atoms with Gasteiger partial charge in [0.2, 0.25) is 5.91 Å². The van der Waals surface area contributed by atoms with E-state index in [1.54, 1.807) is 12.1 Å². The van der Waals surface area contributed by atoms with E-state index < -0.39 is 0 Å². The third-order valence-corrected chi connectivity index (χ3v) is 3.44. The quantitative estimate of drug-likeness (QED) is 0.853. The Morgan fingerprint density at radius 3 is 2.27 bits per heavy atom. The fourth-order valence-corrected chi connectivity index (χ4v) is 2.34. The molecule has 2 aromatic rings. The van der Waals surface area contributed by atoms with Crippen molar-refractivity contribution in [3.63, 3.8) is 0 Å². The van der Waals surface area contributed by atoms with Gasteiger partial charge in [-0.05, 0) is 35.7 Å². The molecule has 0 aliphatic heterocycles. The second kappa shape index (κ2) is 7.71. The SMILES string of the molecule is CC(C)[C@@H](NCC(=O)Nc1ccc(F)cc1)c1ccccc1. The summed E-state index contributed by atoms with van der Waals surface area (Å²) in [7, 11) is 0. The van der Waals surface area contributed by atoms with E-state index in [4.69, 9.17) is 0 Å². The summed E-state index contributed by atoms with van der Waals surface area (Å²) in [6.45, 7) is 4.43. The van der Waals surface area contributed by atoms with Crippen molar-refractivity contribution in [2.75, 3.05) is 11.9 Å². The van der Waals surface area contributed by atoms with Crippen molar-refractivity contribution in [3.8, 4) is 0 Å². The molecule has 0 radical (unpaired) electrons. The fraction of sp³-hybridized carbons (Fsp3) is 0.278. The van der Waals surface area contributed by atoms with E-state index in [1.165, 1.54) is 12.1 Å². The van der Waals surface area contributed by atoms with Crippen molar-refractivity contribution in [3.05, 3.63) is 66.0 Å². The number of hydrogen-bond acceptors (Lipinski definition) is 2. The van der Waals surface area contributed by atoms with E-state index in [-0.39, 0.29) is 24.3 Å². The third-order valence-electron chi connectivity index (χ3n) is 3.44. The normalized spacial score (nSPS) is 12.2. The Bertz CT molecular complexity index is 596. The zero-order valence-corrected chi connectivity index (χ0v) is 12.8. The lowest BCUT2D eigenvalue weighted by Crippen LogP contribution is -2.33. The van der Waals surface area contributed by atoms with Gasteiger partial charge in [-0.2, -0.15) is 0 Å². The summed E-state index contributed by atoms with van der Waals surface area (Å²) in [5.74, 6) is -0.103. The van der Waals surface area contributed by atoms with E-state index in [0.717, 1.165) is 5.56 Å². The monoisotopic (exact) mass is 300 g/mol. The van der Waals surface area contributed by atoms with Crippen molar-refractivity contribution >= 4 is 11.6 Å². The number of amides is 1. The minimum atomic E-state index is -0.319. The Labute approximate surface area is 130 Å². The molecule has 0 saturated heterocycles. The van der Waals surface area contributed by atoms with Crippen molar-refractivity contribution in [1.29, 1.82) is 0 Å². The van der Waals surface area contributed by atoms with Crippen molar-refractivity contribution in [2.45, 2.75) is 19.9 Å². The lowest BCUT2D eigenvalue weighted by atomic mass is 9.96. The molecule has 0 fully saturated rings. The molecule has 0 saturated carbocycles. The summed E-state index contributed by atoms with van der Waals surface area (Å²) in [6.07, 6.45) is 0. The predicted molar refractivity (Wildman–Crippen MR) is 87.1 cm³/mol. The second-order valence-corrected chi connectivity index (χ2v) is 5.57. The topological polar surface area (TPSA) is 41.1 Å². The molecule has 2 rings (SSSR count). The molecular formula is C18H21FN2O. The molecule has 2 aromatic carbocycles. The van der Waals surface area contributed by atoms with Crippen molar-refractivity contribution in [2.24, 2.45) is 5.92 Å². The minimum absolute atomic E-state index is 0.111. The number of halogens is 1. The highest BCUT2D eigenvalue weighted by atomic mass is 19.1. The highest BCUT2D eigenvalue weighted by molar-refractivity contribution is 5.92. The second-order valence-electron chi connectivity index (χ2n) is 5.57. The van der Waals surface area contributed by atoms with Crippen LogP contribution >= 0.6 is 0 Å². The fourth-order valence-electron chi connectivity index (χ4n) is 2.34. The maximum atomic E-state index is 12.8. The molecule has 2 N–H and O–H groups in total. The number of nitrogens with one attached hydrogen (secondary N) is 2. The highest BCUT2D eigenvalue weighted by Crippen LogP contribution is 2.20. The van der Waals surface area contributed by atoms with Crippen LogP contribution in [0.25, 0.3) is 0 Å². The minimum Gasteiger partial charge on any atom is -0.325 e. The first-order valence-electron chi connectivity index (χ1n) is 7.40. The summed E-state index contributed by atoms with van der Waals surface area (Å²) in [4.78, 5) is 12.0. The standard InChI is InChI=1S/C18H21FN2O/c1-13(2)18(14-6-4-3-5-7-14)20-12-17(22)21-16-10-8-15(19)9-11-16/h3-11,13,18,20H,12H2,1-2H3,(H,21,22)/t18-/m1/s1. The molecule has 1 atom stereocenters. The van der Waals surface area contributed by atoms with Gasteiger partial charge in [0.25, 0.3) is 0 Å². The molecule has 0 aliphatic rings. The first-order valence-corrected chi connectivity index (χ1v) is 7.40. The maximum absolute atomic E-state index is 12.8. The number of anilines is 1. The average molecular weight is 300 g/mol. The van der Waals surface area contributed by atoms with Crippen molar-refractivity contribution < 1.29 is 9.18 Å². The number of benzene rings is 2.